The first-order valence-corrected chi connectivity index (χ1v) is 14.2. The number of rotatable bonds is 7. The van der Waals surface area contributed by atoms with Crippen molar-refractivity contribution in [2.75, 3.05) is 26.2 Å². The van der Waals surface area contributed by atoms with Crippen molar-refractivity contribution in [3.05, 3.63) is 65.0 Å². The number of alkyl halides is 3. The maximum Gasteiger partial charge on any atom is 0.416 e. The topological polar surface area (TPSA) is 74.8 Å². The average Bonchev–Trinajstić information content (AvgIpc) is 3.27. The first-order valence-electron chi connectivity index (χ1n) is 14.2. The molecule has 0 bridgehead atoms. The van der Waals surface area contributed by atoms with Crippen molar-refractivity contribution in [1.82, 2.24) is 20.1 Å². The lowest BCUT2D eigenvalue weighted by Gasteiger charge is -2.37. The number of hydrogen-bond acceptors (Lipinski definition) is 5. The van der Waals surface area contributed by atoms with Gasteiger partial charge in [-0.1, -0.05) is 24.1 Å². The van der Waals surface area contributed by atoms with Crippen LogP contribution in [0.4, 0.5) is 18.0 Å². The van der Waals surface area contributed by atoms with Gasteiger partial charge in [0.05, 0.1) is 12.1 Å². The molecule has 5 rings (SSSR count). The lowest BCUT2D eigenvalue weighted by Crippen LogP contribution is -2.46. The number of piperidine rings is 1. The van der Waals surface area contributed by atoms with E-state index in [0.717, 1.165) is 48.9 Å². The number of ether oxygens (including phenoxy) is 1. The van der Waals surface area contributed by atoms with Crippen LogP contribution in [-0.4, -0.2) is 58.6 Å². The lowest BCUT2D eigenvalue weighted by atomic mass is 9.81. The molecule has 1 aromatic carbocycles. The summed E-state index contributed by atoms with van der Waals surface area (Å²) in [6, 6.07) is 8.92. The number of halogens is 3. The second kappa shape index (κ2) is 12.1. The van der Waals surface area contributed by atoms with Crippen LogP contribution < -0.4 is 5.32 Å². The van der Waals surface area contributed by atoms with Crippen LogP contribution in [0, 0.1) is 24.2 Å². The Morgan fingerprint density at radius 2 is 1.76 bits per heavy atom. The molecule has 10 heteroatoms. The highest BCUT2D eigenvalue weighted by Crippen LogP contribution is 2.36. The molecular weight excluding hydrogens is 533 g/mol. The second-order valence-corrected chi connectivity index (χ2v) is 11.5. The molecule has 218 valence electrons. The largest absolute Gasteiger partial charge is 0.441 e. The van der Waals surface area contributed by atoms with Gasteiger partial charge in [0.15, 0.2) is 0 Å². The van der Waals surface area contributed by atoms with E-state index >= 15 is 0 Å². The fourth-order valence-electron chi connectivity index (χ4n) is 6.14. The number of nitrogens with one attached hydrogen (secondary N) is 1. The minimum atomic E-state index is -4.34. The van der Waals surface area contributed by atoms with Crippen LogP contribution in [0.3, 0.4) is 0 Å². The minimum Gasteiger partial charge on any atom is -0.441 e. The number of hydrogen-bond donors (Lipinski definition) is 1. The standard InChI is InChI=1S/C31H35F3N4O3/c1-2-27-12-7-24(17-35-27)18-36-28(39)25-8-3-23(4-9-25)20-38-21-30(41-29(38)40)13-15-37(16-14-30)19-22-5-10-26(11-6-22)31(32,33)34/h1,5-7,10-12,17,23,25H,3-4,8-9,13-16,18-21H2,(H,36,39). The van der Waals surface area contributed by atoms with Gasteiger partial charge in [-0.25, -0.2) is 9.78 Å². The van der Waals surface area contributed by atoms with Crippen molar-refractivity contribution in [2.45, 2.75) is 63.4 Å². The van der Waals surface area contributed by atoms with Crippen LogP contribution in [0.25, 0.3) is 0 Å². The number of amides is 2. The second-order valence-electron chi connectivity index (χ2n) is 11.5. The highest BCUT2D eigenvalue weighted by atomic mass is 19.4. The van der Waals surface area contributed by atoms with Gasteiger partial charge in [-0.2, -0.15) is 13.2 Å². The Kier molecular flexibility index (Phi) is 8.55. The summed E-state index contributed by atoms with van der Waals surface area (Å²) in [7, 11) is 0. The molecule has 0 atom stereocenters. The van der Waals surface area contributed by atoms with E-state index in [-0.39, 0.29) is 17.9 Å². The zero-order chi connectivity index (χ0) is 29.0. The monoisotopic (exact) mass is 568 g/mol. The third-order valence-corrected chi connectivity index (χ3v) is 8.63. The van der Waals surface area contributed by atoms with E-state index in [1.165, 1.54) is 12.1 Å². The van der Waals surface area contributed by atoms with Gasteiger partial charge >= 0.3 is 12.3 Å². The molecule has 1 spiro atoms. The van der Waals surface area contributed by atoms with Gasteiger partial charge in [-0.15, -0.1) is 6.42 Å². The number of benzene rings is 1. The Morgan fingerprint density at radius 3 is 2.37 bits per heavy atom. The Labute approximate surface area is 238 Å². The van der Waals surface area contributed by atoms with Crippen molar-refractivity contribution in [3.8, 4) is 12.3 Å². The molecule has 3 heterocycles. The van der Waals surface area contributed by atoms with Crippen molar-refractivity contribution >= 4 is 12.0 Å². The van der Waals surface area contributed by atoms with E-state index in [1.807, 2.05) is 11.0 Å². The fourth-order valence-corrected chi connectivity index (χ4v) is 6.14. The van der Waals surface area contributed by atoms with Crippen LogP contribution in [0.2, 0.25) is 0 Å². The third kappa shape index (κ3) is 7.20. The predicted octanol–water partition coefficient (Wildman–Crippen LogP) is 4.99. The van der Waals surface area contributed by atoms with Gasteiger partial charge < -0.3 is 15.0 Å². The molecule has 0 unspecified atom stereocenters. The molecule has 1 saturated carbocycles. The molecule has 1 aliphatic carbocycles. The van der Waals surface area contributed by atoms with E-state index in [9.17, 15) is 22.8 Å². The minimum absolute atomic E-state index is 0.0324. The van der Waals surface area contributed by atoms with E-state index in [4.69, 9.17) is 11.2 Å². The molecule has 1 N–H and O–H groups in total. The lowest BCUT2D eigenvalue weighted by molar-refractivity contribution is -0.137. The molecule has 3 fully saturated rings. The van der Waals surface area contributed by atoms with Crippen molar-refractivity contribution < 1.29 is 27.5 Å². The number of aromatic nitrogens is 1. The number of nitrogens with zero attached hydrogens (tertiary/aromatic N) is 3. The van der Waals surface area contributed by atoms with E-state index in [0.29, 0.717) is 63.7 Å². The SMILES string of the molecule is C#Cc1ccc(CNC(=O)C2CCC(CN3CC4(CCN(Cc5ccc(C(F)(F)F)cc5)CC4)OC3=O)CC2)cn1. The Bertz CT molecular complexity index is 1260. The maximum atomic E-state index is 12.8. The summed E-state index contributed by atoms with van der Waals surface area (Å²) in [6.45, 7) is 3.61. The molecule has 0 radical (unpaired) electrons. The number of pyridine rings is 1. The predicted molar refractivity (Wildman–Crippen MR) is 146 cm³/mol. The summed E-state index contributed by atoms with van der Waals surface area (Å²) in [5.41, 5.74) is 1.15. The third-order valence-electron chi connectivity index (χ3n) is 8.63. The zero-order valence-corrected chi connectivity index (χ0v) is 23.0. The summed E-state index contributed by atoms with van der Waals surface area (Å²) in [6.07, 6.45) is 7.14. The van der Waals surface area contributed by atoms with E-state index in [1.54, 1.807) is 12.3 Å². The summed E-state index contributed by atoms with van der Waals surface area (Å²) in [5, 5.41) is 3.00. The van der Waals surface area contributed by atoms with Crippen LogP contribution in [0.5, 0.6) is 0 Å². The van der Waals surface area contributed by atoms with Crippen LogP contribution in [0.15, 0.2) is 42.6 Å². The number of carbonyl (C=O) groups excluding carboxylic acids is 2. The summed E-state index contributed by atoms with van der Waals surface area (Å²) < 4.78 is 44.4. The van der Waals surface area contributed by atoms with Gasteiger partial charge in [0.2, 0.25) is 5.91 Å². The average molecular weight is 569 g/mol. The van der Waals surface area contributed by atoms with Crippen LogP contribution in [0.1, 0.15) is 60.9 Å². The maximum absolute atomic E-state index is 12.8. The van der Waals surface area contributed by atoms with E-state index < -0.39 is 17.3 Å². The van der Waals surface area contributed by atoms with Gasteiger partial charge in [-0.05, 0) is 60.9 Å². The van der Waals surface area contributed by atoms with Gasteiger partial charge in [0.1, 0.15) is 11.3 Å². The summed E-state index contributed by atoms with van der Waals surface area (Å²) in [4.78, 5) is 33.6. The first-order chi connectivity index (χ1) is 19.6. The molecule has 41 heavy (non-hydrogen) atoms. The molecule has 2 aromatic rings. The molecule has 2 aliphatic heterocycles. The highest BCUT2D eigenvalue weighted by Gasteiger charge is 2.47. The number of carbonyl (C=O) groups is 2. The Balaban J connectivity index is 1.03. The van der Waals surface area contributed by atoms with Crippen molar-refractivity contribution in [2.24, 2.45) is 11.8 Å². The highest BCUT2D eigenvalue weighted by molar-refractivity contribution is 5.78. The quantitative estimate of drug-likeness (QED) is 0.477. The van der Waals surface area contributed by atoms with Crippen LogP contribution in [-0.2, 0) is 28.8 Å². The van der Waals surface area contributed by atoms with Crippen LogP contribution >= 0.6 is 0 Å². The molecule has 1 aromatic heterocycles. The molecule has 2 amide bonds. The normalized spacial score (nSPS) is 22.8. The number of likely N-dealkylation sites (tertiary alicyclic amines) is 1. The first kappa shape index (κ1) is 28.9. The molecule has 3 aliphatic rings. The molecular formula is C31H35F3N4O3. The van der Waals surface area contributed by atoms with Crippen molar-refractivity contribution in [1.29, 1.82) is 0 Å². The summed E-state index contributed by atoms with van der Waals surface area (Å²) in [5.74, 6) is 2.83. The number of terminal acetylenes is 1. The van der Waals surface area contributed by atoms with Gasteiger partial charge in [0.25, 0.3) is 0 Å². The zero-order valence-electron chi connectivity index (χ0n) is 23.0. The Morgan fingerprint density at radius 1 is 1.07 bits per heavy atom. The van der Waals surface area contributed by atoms with Crippen molar-refractivity contribution in [3.63, 3.8) is 0 Å². The molecule has 2 saturated heterocycles. The summed E-state index contributed by atoms with van der Waals surface area (Å²) >= 11 is 0. The Hall–Kier alpha value is -3.58. The van der Waals surface area contributed by atoms with Gasteiger partial charge in [-0.3, -0.25) is 9.69 Å². The smallest absolute Gasteiger partial charge is 0.416 e. The fraction of sp³-hybridized carbons (Fsp3) is 0.516. The molecule has 7 nitrogen and oxygen atoms in total. The van der Waals surface area contributed by atoms with Gasteiger partial charge in [0, 0.05) is 57.7 Å². The van der Waals surface area contributed by atoms with E-state index in [2.05, 4.69) is 21.1 Å².